The van der Waals surface area contributed by atoms with Crippen molar-refractivity contribution >= 4 is 81.3 Å². The van der Waals surface area contributed by atoms with Crippen molar-refractivity contribution in [1.82, 2.24) is 4.98 Å². The second kappa shape index (κ2) is 10.0. The Morgan fingerprint density at radius 1 is 1.43 bits per heavy atom. The first kappa shape index (κ1) is 22.2. The van der Waals surface area contributed by atoms with Gasteiger partial charge in [0.1, 0.15) is 9.21 Å². The molecule has 10 heteroatoms. The zero-order valence-electron chi connectivity index (χ0n) is 14.3. The van der Waals surface area contributed by atoms with E-state index in [4.69, 9.17) is 39.9 Å². The van der Waals surface area contributed by atoms with Crippen LogP contribution in [0.4, 0.5) is 0 Å². The van der Waals surface area contributed by atoms with Crippen molar-refractivity contribution in [2.75, 3.05) is 5.75 Å². The molecule has 4 atom stereocenters. The van der Waals surface area contributed by atoms with Gasteiger partial charge in [-0.1, -0.05) is 35.0 Å². The number of carbonyl (C=O) groups is 1. The highest BCUT2D eigenvalue weighted by Gasteiger charge is 2.39. The lowest BCUT2D eigenvalue weighted by molar-refractivity contribution is 0.0702. The van der Waals surface area contributed by atoms with Gasteiger partial charge in [0.05, 0.1) is 17.3 Å². The topological polar surface area (TPSA) is 70.4 Å². The second-order valence-corrected chi connectivity index (χ2v) is 11.3. The molecule has 28 heavy (non-hydrogen) atoms. The van der Waals surface area contributed by atoms with Gasteiger partial charge in [-0.25, -0.2) is 9.78 Å². The maximum atomic E-state index is 10.9. The van der Waals surface area contributed by atoms with Crippen LogP contribution in [0.1, 0.15) is 27.4 Å². The smallest absolute Gasteiger partial charge is 0.347 e. The Kier molecular flexibility index (Phi) is 7.93. The summed E-state index contributed by atoms with van der Waals surface area (Å²) in [4.78, 5) is 16.2. The summed E-state index contributed by atoms with van der Waals surface area (Å²) >= 11 is 22.4. The number of carboxylic acids is 1. The third kappa shape index (κ3) is 5.55. The lowest BCUT2D eigenvalue weighted by Gasteiger charge is -2.19. The monoisotopic (exact) mass is 495 g/mol. The molecule has 2 heterocycles. The highest BCUT2D eigenvalue weighted by Crippen LogP contribution is 2.40. The van der Waals surface area contributed by atoms with Gasteiger partial charge in [0, 0.05) is 21.9 Å². The molecule has 0 radical (unpaired) electrons. The van der Waals surface area contributed by atoms with E-state index >= 15 is 0 Å². The molecule has 2 aromatic heterocycles. The Morgan fingerprint density at radius 3 is 2.86 bits per heavy atom. The molecule has 1 aliphatic carbocycles. The average molecular weight is 497 g/mol. The Bertz CT molecular complexity index is 888. The number of rotatable bonds is 7. The van der Waals surface area contributed by atoms with Crippen LogP contribution < -0.4 is 0 Å². The molecule has 0 spiro atoms. The zero-order chi connectivity index (χ0) is 20.3. The van der Waals surface area contributed by atoms with Crippen LogP contribution in [-0.2, 0) is 0 Å². The number of hydrogen-bond acceptors (Lipinski definition) is 6. The van der Waals surface area contributed by atoms with Crippen LogP contribution in [0, 0.1) is 11.8 Å². The molecule has 2 N–H and O–H groups in total. The molecule has 0 aromatic carbocycles. The fourth-order valence-electron chi connectivity index (χ4n) is 3.08. The van der Waals surface area contributed by atoms with E-state index in [2.05, 4.69) is 10.7 Å². The van der Waals surface area contributed by atoms with Gasteiger partial charge >= 0.3 is 5.97 Å². The first-order valence-corrected chi connectivity index (χ1v) is 12.2. The maximum Gasteiger partial charge on any atom is 0.347 e. The van der Waals surface area contributed by atoms with Crippen LogP contribution in [0.25, 0.3) is 6.08 Å². The normalized spacial score (nSPS) is 24.1. The van der Waals surface area contributed by atoms with Crippen molar-refractivity contribution in [3.63, 3.8) is 0 Å². The van der Waals surface area contributed by atoms with Crippen LogP contribution in [-0.4, -0.2) is 38.4 Å². The van der Waals surface area contributed by atoms with E-state index in [0.29, 0.717) is 15.8 Å². The van der Waals surface area contributed by atoms with Gasteiger partial charge in [0.25, 0.3) is 0 Å². The number of alkyl halides is 1. The molecule has 0 aliphatic heterocycles. The molecule has 1 fully saturated rings. The lowest BCUT2D eigenvalue weighted by atomic mass is 9.92. The van der Waals surface area contributed by atoms with Crippen LogP contribution in [0.15, 0.2) is 28.4 Å². The first-order valence-electron chi connectivity index (χ1n) is 8.36. The highest BCUT2D eigenvalue weighted by molar-refractivity contribution is 8.01. The number of thiophene rings is 1. The number of nitrogens with zero attached hydrogens (tertiary/aromatic N) is 1. The van der Waals surface area contributed by atoms with E-state index in [9.17, 15) is 9.90 Å². The lowest BCUT2D eigenvalue weighted by Crippen LogP contribution is -2.19. The van der Waals surface area contributed by atoms with E-state index in [0.717, 1.165) is 32.7 Å². The number of aromatic nitrogens is 1. The predicted octanol–water partition coefficient (Wildman–Crippen LogP) is 6.16. The van der Waals surface area contributed by atoms with Gasteiger partial charge in [0.2, 0.25) is 0 Å². The summed E-state index contributed by atoms with van der Waals surface area (Å²) in [6, 6.07) is 1.78. The van der Waals surface area contributed by atoms with Gasteiger partial charge in [-0.3, -0.25) is 0 Å². The molecule has 150 valence electrons. The molecule has 3 rings (SSSR count). The number of aromatic carboxylic acids is 1. The van der Waals surface area contributed by atoms with Crippen LogP contribution >= 0.6 is 69.2 Å². The number of thioether (sulfide) groups is 1. The minimum absolute atomic E-state index is 0.0869. The maximum absolute atomic E-state index is 10.9. The molecule has 4 nitrogen and oxygen atoms in total. The Morgan fingerprint density at radius 2 is 2.21 bits per heavy atom. The summed E-state index contributed by atoms with van der Waals surface area (Å²) in [6.45, 7) is 0. The van der Waals surface area contributed by atoms with Crippen molar-refractivity contribution in [2.45, 2.75) is 28.7 Å². The van der Waals surface area contributed by atoms with Crippen LogP contribution in [0.2, 0.25) is 9.36 Å². The molecule has 2 aromatic rings. The standard InChI is InChI=1S/C18H16Cl3NO3S3/c19-12-7-14(23)11(3-1-2-9-6-13(20)16(21)27-9)10(12)4-5-26-18-22-8-15(28-18)17(24)25/h2-3,6,8,10-12,14,23H,4-5,7H2,(H,24,25)/t1?,10-,11-,12-,14-/m1/s1. The van der Waals surface area contributed by atoms with Crippen molar-refractivity contribution in [3.8, 4) is 0 Å². The fourth-order valence-corrected chi connectivity index (χ4v) is 6.78. The van der Waals surface area contributed by atoms with E-state index in [1.54, 1.807) is 12.1 Å². The van der Waals surface area contributed by atoms with Gasteiger partial charge in [-0.05, 0) is 37.0 Å². The molecule has 0 saturated heterocycles. The largest absolute Gasteiger partial charge is 0.477 e. The Hall–Kier alpha value is -0.500. The number of hydrogen-bond donors (Lipinski definition) is 2. The molecular weight excluding hydrogens is 481 g/mol. The van der Waals surface area contributed by atoms with E-state index in [1.165, 1.54) is 29.3 Å². The number of aliphatic hydroxyl groups excluding tert-OH is 1. The quantitative estimate of drug-likeness (QED) is 0.273. The van der Waals surface area contributed by atoms with Crippen molar-refractivity contribution in [3.05, 3.63) is 43.2 Å². The molecule has 0 bridgehead atoms. The van der Waals surface area contributed by atoms with Gasteiger partial charge < -0.3 is 10.2 Å². The second-order valence-electron chi connectivity index (χ2n) is 6.24. The SMILES string of the molecule is O=C(O)c1cnc(SCC[C@@H]2[C@@H](C=C=Cc3cc(Cl)c(Cl)s3)[C@H](O)C[C@H]2Cl)s1. The fraction of sp³-hybridized carbons (Fsp3) is 0.389. The third-order valence-electron chi connectivity index (χ3n) is 4.42. The summed E-state index contributed by atoms with van der Waals surface area (Å²) in [7, 11) is 0. The summed E-state index contributed by atoms with van der Waals surface area (Å²) in [6.07, 6.45) is 5.86. The van der Waals surface area contributed by atoms with Crippen molar-refractivity contribution < 1.29 is 15.0 Å². The van der Waals surface area contributed by atoms with Gasteiger partial charge in [-0.2, -0.15) is 0 Å². The summed E-state index contributed by atoms with van der Waals surface area (Å²) in [5.41, 5.74) is 3.13. The number of halogens is 3. The van der Waals surface area contributed by atoms with E-state index in [1.807, 2.05) is 6.08 Å². The third-order valence-corrected chi connectivity index (χ3v) is 8.91. The zero-order valence-corrected chi connectivity index (χ0v) is 19.1. The Labute approximate surface area is 189 Å². The molecule has 0 amide bonds. The van der Waals surface area contributed by atoms with Gasteiger partial charge in [-0.15, -0.1) is 40.0 Å². The predicted molar refractivity (Wildman–Crippen MR) is 119 cm³/mol. The average Bonchev–Trinajstić information content (AvgIpc) is 3.29. The molecule has 1 aliphatic rings. The molecule has 1 saturated carbocycles. The first-order chi connectivity index (χ1) is 13.3. The van der Waals surface area contributed by atoms with Crippen molar-refractivity contribution in [2.24, 2.45) is 11.8 Å². The molecular formula is C18H16Cl3NO3S3. The highest BCUT2D eigenvalue weighted by atomic mass is 35.5. The van der Waals surface area contributed by atoms with Gasteiger partial charge in [0.15, 0.2) is 4.34 Å². The number of aliphatic hydroxyl groups is 1. The summed E-state index contributed by atoms with van der Waals surface area (Å²) in [5, 5.41) is 19.7. The Balaban J connectivity index is 1.61. The minimum atomic E-state index is -0.964. The molecule has 0 unspecified atom stereocenters. The number of thiazole rings is 1. The van der Waals surface area contributed by atoms with Crippen molar-refractivity contribution in [1.29, 1.82) is 0 Å². The number of carboxylic acid groups (broad SMARTS) is 1. The summed E-state index contributed by atoms with van der Waals surface area (Å²) < 4.78 is 1.26. The van der Waals surface area contributed by atoms with Crippen LogP contribution in [0.5, 0.6) is 0 Å². The van der Waals surface area contributed by atoms with Crippen LogP contribution in [0.3, 0.4) is 0 Å². The van der Waals surface area contributed by atoms with E-state index in [-0.39, 0.29) is 22.1 Å². The summed E-state index contributed by atoms with van der Waals surface area (Å²) in [5.74, 6) is -0.192. The van der Waals surface area contributed by atoms with E-state index < -0.39 is 12.1 Å². The minimum Gasteiger partial charge on any atom is -0.477 e.